The molecule has 2 aromatic rings. The van der Waals surface area contributed by atoms with Crippen molar-refractivity contribution >= 4 is 29.1 Å². The van der Waals surface area contributed by atoms with Crippen LogP contribution < -0.4 is 26.4 Å². The fraction of sp³-hybridized carbons (Fsp3) is 0.143. The van der Waals surface area contributed by atoms with Gasteiger partial charge in [0, 0.05) is 16.2 Å². The lowest BCUT2D eigenvalue weighted by Gasteiger charge is -2.14. The van der Waals surface area contributed by atoms with Crippen molar-refractivity contribution in [2.45, 2.75) is 17.0 Å². The molecule has 0 bridgehead atoms. The summed E-state index contributed by atoms with van der Waals surface area (Å²) in [6.45, 7) is 0. The number of fused-ring (bicyclic) bond motifs is 1. The van der Waals surface area contributed by atoms with Crippen molar-refractivity contribution in [1.82, 2.24) is 10.5 Å². The van der Waals surface area contributed by atoms with Gasteiger partial charge in [0.15, 0.2) is 5.82 Å². The van der Waals surface area contributed by atoms with Crippen molar-refractivity contribution < 1.29 is 22.3 Å². The normalized spacial score (nSPS) is 13.6. The maximum absolute atomic E-state index is 13.9. The molecule has 1 aromatic heterocycles. The van der Waals surface area contributed by atoms with E-state index < -0.39 is 17.9 Å². The molecule has 4 N–H and O–H groups in total. The predicted molar refractivity (Wildman–Crippen MR) is 85.9 cm³/mol. The van der Waals surface area contributed by atoms with Crippen LogP contribution >= 0.6 is 11.8 Å². The summed E-state index contributed by atoms with van der Waals surface area (Å²) in [5, 5.41) is 1.42. The van der Waals surface area contributed by atoms with Gasteiger partial charge in [-0.15, -0.1) is 30.5 Å². The van der Waals surface area contributed by atoms with Gasteiger partial charge in [-0.1, -0.05) is 0 Å². The van der Waals surface area contributed by atoms with Crippen molar-refractivity contribution in [2.24, 2.45) is 0 Å². The monoisotopic (exact) mass is 374 g/mol. The Balaban J connectivity index is 1.82. The van der Waals surface area contributed by atoms with E-state index in [-0.39, 0.29) is 17.1 Å². The van der Waals surface area contributed by atoms with Gasteiger partial charge in [0.25, 0.3) is 0 Å². The number of benzene rings is 1. The van der Waals surface area contributed by atoms with Crippen LogP contribution in [-0.2, 0) is 5.75 Å². The molecular formula is C14H12F4N5OS. The molecule has 2 heterocycles. The lowest BCUT2D eigenvalue weighted by molar-refractivity contribution is -0.274. The molecule has 25 heavy (non-hydrogen) atoms. The smallest absolute Gasteiger partial charge is 0.406 e. The molecule has 1 aliphatic heterocycles. The highest BCUT2D eigenvalue weighted by atomic mass is 32.2. The summed E-state index contributed by atoms with van der Waals surface area (Å²) in [5.41, 5.74) is 11.9. The Morgan fingerprint density at radius 3 is 2.80 bits per heavy atom. The summed E-state index contributed by atoms with van der Waals surface area (Å²) in [6.07, 6.45) is -4.84. The Labute approximate surface area is 144 Å². The van der Waals surface area contributed by atoms with Gasteiger partial charge in [0.05, 0.1) is 7.05 Å². The number of nitrogens with one attached hydrogen (secondary N) is 2. The van der Waals surface area contributed by atoms with Crippen molar-refractivity contribution in [3.05, 3.63) is 42.7 Å². The molecule has 1 radical (unpaired) electrons. The molecule has 0 saturated carbocycles. The average Bonchev–Trinajstić information content (AvgIpc) is 2.87. The molecule has 0 unspecified atom stereocenters. The quantitative estimate of drug-likeness (QED) is 0.559. The van der Waals surface area contributed by atoms with Crippen molar-refractivity contribution in [2.75, 3.05) is 16.2 Å². The van der Waals surface area contributed by atoms with Gasteiger partial charge >= 0.3 is 6.36 Å². The number of rotatable bonds is 4. The first kappa shape index (κ1) is 17.4. The fourth-order valence-corrected chi connectivity index (χ4v) is 3.26. The second-order valence-corrected chi connectivity index (χ2v) is 6.01. The van der Waals surface area contributed by atoms with Crippen molar-refractivity contribution in [1.29, 1.82) is 0 Å². The van der Waals surface area contributed by atoms with Crippen LogP contribution in [0.5, 0.6) is 5.75 Å². The van der Waals surface area contributed by atoms with Crippen LogP contribution in [-0.4, -0.2) is 11.3 Å². The van der Waals surface area contributed by atoms with Crippen LogP contribution in [0.2, 0.25) is 0 Å². The van der Waals surface area contributed by atoms with E-state index in [0.29, 0.717) is 16.4 Å². The summed E-state index contributed by atoms with van der Waals surface area (Å²) >= 11 is 1.18. The van der Waals surface area contributed by atoms with Crippen molar-refractivity contribution in [3.63, 3.8) is 0 Å². The molecule has 1 aromatic carbocycles. The van der Waals surface area contributed by atoms with Gasteiger partial charge in [-0.25, -0.2) is 9.37 Å². The summed E-state index contributed by atoms with van der Waals surface area (Å²) in [7, 11) is 3.74. The molecule has 133 valence electrons. The Morgan fingerprint density at radius 1 is 1.32 bits per heavy atom. The minimum absolute atomic E-state index is 0.0601. The third kappa shape index (κ3) is 3.99. The number of hydrogen-bond acceptors (Lipinski definition) is 7. The molecule has 0 saturated heterocycles. The third-order valence-corrected chi connectivity index (χ3v) is 4.27. The molecule has 0 fully saturated rings. The van der Waals surface area contributed by atoms with E-state index in [4.69, 9.17) is 5.73 Å². The maximum atomic E-state index is 13.9. The second kappa shape index (κ2) is 6.48. The first-order valence-electron chi connectivity index (χ1n) is 6.83. The van der Waals surface area contributed by atoms with Gasteiger partial charge in [-0.05, 0) is 24.3 Å². The van der Waals surface area contributed by atoms with Gasteiger partial charge in [0.2, 0.25) is 0 Å². The van der Waals surface area contributed by atoms with Crippen LogP contribution in [0.1, 0.15) is 5.56 Å². The number of nitrogens with zero attached hydrogens (tertiary/aromatic N) is 2. The average molecular weight is 374 g/mol. The summed E-state index contributed by atoms with van der Waals surface area (Å²) in [4.78, 5) is 4.72. The zero-order chi connectivity index (χ0) is 18.2. The zero-order valence-electron chi connectivity index (χ0n) is 12.5. The predicted octanol–water partition coefficient (Wildman–Crippen LogP) is 3.44. The number of hydrogen-bond donors (Lipinski definition) is 3. The molecule has 0 atom stereocenters. The molecule has 0 amide bonds. The molecule has 1 aliphatic rings. The molecule has 11 heteroatoms. The fourth-order valence-electron chi connectivity index (χ4n) is 2.18. The number of nitrogens with two attached hydrogens (primary N) is 1. The highest BCUT2D eigenvalue weighted by molar-refractivity contribution is 7.98. The minimum Gasteiger partial charge on any atom is -0.406 e. The minimum atomic E-state index is -4.84. The lowest BCUT2D eigenvalue weighted by Crippen LogP contribution is -2.30. The second-order valence-electron chi connectivity index (χ2n) is 5.00. The largest absolute Gasteiger partial charge is 0.573 e. The number of ether oxygens (including phenoxy) is 1. The zero-order valence-corrected chi connectivity index (χ0v) is 13.3. The van der Waals surface area contributed by atoms with Crippen molar-refractivity contribution in [3.8, 4) is 5.75 Å². The Bertz CT molecular complexity index is 802. The van der Waals surface area contributed by atoms with E-state index in [1.165, 1.54) is 16.8 Å². The first-order chi connectivity index (χ1) is 11.7. The Morgan fingerprint density at radius 2 is 2.08 bits per heavy atom. The number of thioether (sulfide) groups is 1. The summed E-state index contributed by atoms with van der Waals surface area (Å²) in [5.74, 6) is -0.368. The number of anilines is 3. The topological polar surface area (TPSA) is 75.4 Å². The van der Waals surface area contributed by atoms with E-state index in [1.54, 1.807) is 6.07 Å². The van der Waals surface area contributed by atoms with E-state index in [0.717, 1.165) is 18.2 Å². The number of nitrogen functional groups attached to an aromatic ring is 1. The summed E-state index contributed by atoms with van der Waals surface area (Å²) in [6, 6.07) is 4.44. The number of halogens is 4. The SMILES string of the molecule is [CH2]N1NNc2nc(N)cc(SCc3cc(OC(F)(F)F)ccc3F)c21. The first-order valence-corrected chi connectivity index (χ1v) is 7.81. The highest BCUT2D eigenvalue weighted by Gasteiger charge is 2.31. The van der Waals surface area contributed by atoms with Crippen LogP contribution in [0, 0.1) is 12.9 Å². The van der Waals surface area contributed by atoms with E-state index in [1.807, 2.05) is 0 Å². The van der Waals surface area contributed by atoms with Gasteiger partial charge in [-0.2, -0.15) is 0 Å². The molecule has 3 rings (SSSR count). The third-order valence-electron chi connectivity index (χ3n) is 3.19. The van der Waals surface area contributed by atoms with Gasteiger partial charge < -0.3 is 10.5 Å². The van der Waals surface area contributed by atoms with Gasteiger partial charge in [0.1, 0.15) is 23.1 Å². The molecular weight excluding hydrogens is 362 g/mol. The maximum Gasteiger partial charge on any atom is 0.573 e. The van der Waals surface area contributed by atoms with E-state index >= 15 is 0 Å². The van der Waals surface area contributed by atoms with Gasteiger partial charge in [-0.3, -0.25) is 10.4 Å². The summed E-state index contributed by atoms with van der Waals surface area (Å²) < 4.78 is 54.6. The van der Waals surface area contributed by atoms with Crippen LogP contribution in [0.4, 0.5) is 34.9 Å². The standard InChI is InChI=1S/C14H12F4N5OS/c1-23-12-10(5-11(19)20-13(12)21-22-23)25-6-7-4-8(2-3-9(7)15)24-14(16,17)18/h2-5,22H,1,6H2,(H3,19,20,21). The van der Waals surface area contributed by atoms with Crippen LogP contribution in [0.25, 0.3) is 0 Å². The molecule has 0 spiro atoms. The van der Waals surface area contributed by atoms with Crippen LogP contribution in [0.15, 0.2) is 29.2 Å². The number of alkyl halides is 3. The van der Waals surface area contributed by atoms with E-state index in [2.05, 4.69) is 27.7 Å². The number of hydrazine groups is 2. The van der Waals surface area contributed by atoms with E-state index in [9.17, 15) is 17.6 Å². The number of aromatic nitrogens is 1. The number of pyridine rings is 1. The van der Waals surface area contributed by atoms with Crippen LogP contribution in [0.3, 0.4) is 0 Å². The Kier molecular flexibility index (Phi) is 4.52. The Hall–Kier alpha value is -2.40. The highest BCUT2D eigenvalue weighted by Crippen LogP contribution is 2.40. The molecule has 0 aliphatic carbocycles. The molecule has 6 nitrogen and oxygen atoms in total. The lowest BCUT2D eigenvalue weighted by atomic mass is 10.2.